The number of rotatable bonds is 8. The van der Waals surface area contributed by atoms with Gasteiger partial charge in [-0.3, -0.25) is 9.78 Å². The fourth-order valence-corrected chi connectivity index (χ4v) is 4.04. The summed E-state index contributed by atoms with van der Waals surface area (Å²) in [6.45, 7) is 0.589. The molecule has 1 amide bonds. The molecule has 7 heteroatoms. The normalized spacial score (nSPS) is 12.3. The summed E-state index contributed by atoms with van der Waals surface area (Å²) in [7, 11) is 0. The van der Waals surface area contributed by atoms with Gasteiger partial charge in [0.2, 0.25) is 0 Å². The second-order valence-corrected chi connectivity index (χ2v) is 8.11. The predicted octanol–water partition coefficient (Wildman–Crippen LogP) is 4.39. The molecule has 2 aromatic heterocycles. The summed E-state index contributed by atoms with van der Waals surface area (Å²) in [6, 6.07) is 26.9. The zero-order valence-electron chi connectivity index (χ0n) is 18.9. The lowest BCUT2D eigenvalue weighted by Crippen LogP contribution is -2.23. The van der Waals surface area contributed by atoms with Gasteiger partial charge in [0, 0.05) is 39.8 Å². The molecule has 7 nitrogen and oxygen atoms in total. The van der Waals surface area contributed by atoms with Crippen LogP contribution in [-0.4, -0.2) is 39.5 Å². The van der Waals surface area contributed by atoms with Crippen LogP contribution in [0.1, 0.15) is 15.9 Å². The number of para-hydroxylation sites is 2. The molecule has 0 aliphatic rings. The lowest BCUT2D eigenvalue weighted by molar-refractivity contribution is 0.0944. The van der Waals surface area contributed by atoms with Crippen LogP contribution in [0.3, 0.4) is 0 Å². The summed E-state index contributed by atoms with van der Waals surface area (Å²) in [5, 5.41) is 17.0. The number of fused-ring (bicyclic) bond motifs is 3. The molecule has 174 valence electrons. The van der Waals surface area contributed by atoms with Crippen LogP contribution in [-0.2, 0) is 6.54 Å². The molecule has 35 heavy (non-hydrogen) atoms. The Bertz CT molecular complexity index is 1420. The Morgan fingerprint density at radius 2 is 1.57 bits per heavy atom. The Balaban J connectivity index is 1.18. The third-order valence-corrected chi connectivity index (χ3v) is 5.72. The van der Waals surface area contributed by atoms with Gasteiger partial charge in [0.15, 0.2) is 0 Å². The molecule has 0 fully saturated rings. The van der Waals surface area contributed by atoms with Crippen molar-refractivity contribution >= 4 is 33.9 Å². The van der Waals surface area contributed by atoms with Crippen molar-refractivity contribution in [3.8, 4) is 5.75 Å². The lowest BCUT2D eigenvalue weighted by Gasteiger charge is -2.15. The van der Waals surface area contributed by atoms with Crippen molar-refractivity contribution in [2.24, 2.45) is 5.10 Å². The van der Waals surface area contributed by atoms with Crippen LogP contribution in [0.5, 0.6) is 5.75 Å². The number of hydrogen-bond donors (Lipinski definition) is 2. The van der Waals surface area contributed by atoms with E-state index in [9.17, 15) is 9.90 Å². The van der Waals surface area contributed by atoms with E-state index in [4.69, 9.17) is 4.74 Å². The molecule has 0 saturated heterocycles. The average molecular weight is 465 g/mol. The summed E-state index contributed by atoms with van der Waals surface area (Å²) in [4.78, 5) is 15.9. The summed E-state index contributed by atoms with van der Waals surface area (Å²) in [5.74, 6) is 0.338. The predicted molar refractivity (Wildman–Crippen MR) is 137 cm³/mol. The van der Waals surface area contributed by atoms with E-state index in [0.717, 1.165) is 16.6 Å². The van der Waals surface area contributed by atoms with E-state index in [0.29, 0.717) is 17.9 Å². The number of hydrogen-bond acceptors (Lipinski definition) is 5. The molecule has 0 aliphatic heterocycles. The number of ether oxygens (including phenoxy) is 1. The van der Waals surface area contributed by atoms with Crippen LogP contribution in [0.25, 0.3) is 21.8 Å². The van der Waals surface area contributed by atoms with Crippen LogP contribution in [0.15, 0.2) is 102 Å². The first-order valence-electron chi connectivity index (χ1n) is 11.3. The molecule has 2 N–H and O–H groups in total. The first-order chi connectivity index (χ1) is 17.2. The number of benzene rings is 3. The number of aliphatic hydroxyl groups is 1. The zero-order valence-corrected chi connectivity index (χ0v) is 18.9. The van der Waals surface area contributed by atoms with Crippen molar-refractivity contribution in [1.82, 2.24) is 15.0 Å². The molecular weight excluding hydrogens is 440 g/mol. The number of aliphatic hydroxyl groups excluding tert-OH is 1. The number of nitrogens with zero attached hydrogens (tertiary/aromatic N) is 3. The summed E-state index contributed by atoms with van der Waals surface area (Å²) >= 11 is 0. The van der Waals surface area contributed by atoms with Gasteiger partial charge in [-0.05, 0) is 54.1 Å². The van der Waals surface area contributed by atoms with Crippen LogP contribution in [0.2, 0.25) is 0 Å². The minimum atomic E-state index is -0.682. The molecule has 0 radical (unpaired) electrons. The van der Waals surface area contributed by atoms with Crippen LogP contribution >= 0.6 is 0 Å². The minimum absolute atomic E-state index is 0.163. The first-order valence-corrected chi connectivity index (χ1v) is 11.3. The third kappa shape index (κ3) is 5.05. The maximum Gasteiger partial charge on any atom is 0.271 e. The molecule has 1 atom stereocenters. The van der Waals surface area contributed by atoms with E-state index in [1.54, 1.807) is 42.9 Å². The Hall–Kier alpha value is -4.49. The highest BCUT2D eigenvalue weighted by Gasteiger charge is 2.14. The Morgan fingerprint density at radius 1 is 0.943 bits per heavy atom. The number of carbonyl (C=O) groups excluding carboxylic acids is 1. The largest absolute Gasteiger partial charge is 0.491 e. The van der Waals surface area contributed by atoms with E-state index in [1.807, 2.05) is 36.4 Å². The molecule has 5 rings (SSSR count). The number of hydrazone groups is 1. The standard InChI is InChI=1S/C28H24N4O3/c33-22(18-32-26-7-3-1-5-24(26)25-6-2-4-8-27(25)32)19-35-23-11-9-20(10-12-23)17-30-31-28(34)21-13-15-29-16-14-21/h1-17,22,33H,18-19H2,(H,31,34). The molecule has 0 aliphatic carbocycles. The highest BCUT2D eigenvalue weighted by atomic mass is 16.5. The Morgan fingerprint density at radius 3 is 2.23 bits per heavy atom. The maximum atomic E-state index is 12.0. The number of aromatic nitrogens is 2. The first kappa shape index (κ1) is 22.3. The van der Waals surface area contributed by atoms with Crippen LogP contribution < -0.4 is 10.2 Å². The summed E-state index contributed by atoms with van der Waals surface area (Å²) in [6.07, 6.45) is 3.98. The van der Waals surface area contributed by atoms with Crippen molar-refractivity contribution in [2.45, 2.75) is 12.6 Å². The fourth-order valence-electron chi connectivity index (χ4n) is 4.04. The monoisotopic (exact) mass is 464 g/mol. The quantitative estimate of drug-likeness (QED) is 0.263. The van der Waals surface area contributed by atoms with E-state index in [1.165, 1.54) is 10.8 Å². The Kier molecular flexibility index (Phi) is 6.50. The van der Waals surface area contributed by atoms with Gasteiger partial charge in [-0.1, -0.05) is 36.4 Å². The number of nitrogens with one attached hydrogen (secondary N) is 1. The van der Waals surface area contributed by atoms with E-state index < -0.39 is 6.10 Å². The highest BCUT2D eigenvalue weighted by Crippen LogP contribution is 2.28. The number of amides is 1. The summed E-state index contributed by atoms with van der Waals surface area (Å²) < 4.78 is 7.95. The zero-order chi connectivity index (χ0) is 24.0. The molecular formula is C28H24N4O3. The number of carbonyl (C=O) groups is 1. The topological polar surface area (TPSA) is 88.7 Å². The lowest BCUT2D eigenvalue weighted by atomic mass is 10.2. The SMILES string of the molecule is O=C(NN=Cc1ccc(OCC(O)Cn2c3ccccc3c3ccccc32)cc1)c1ccncc1. The smallest absolute Gasteiger partial charge is 0.271 e. The molecule has 0 spiro atoms. The average Bonchev–Trinajstić information content (AvgIpc) is 3.22. The molecule has 5 aromatic rings. The van der Waals surface area contributed by atoms with Gasteiger partial charge in [-0.15, -0.1) is 0 Å². The molecule has 1 unspecified atom stereocenters. The van der Waals surface area contributed by atoms with Crippen molar-refractivity contribution in [3.05, 3.63) is 108 Å². The molecule has 0 saturated carbocycles. The third-order valence-electron chi connectivity index (χ3n) is 5.72. The van der Waals surface area contributed by atoms with Crippen molar-refractivity contribution in [1.29, 1.82) is 0 Å². The van der Waals surface area contributed by atoms with Gasteiger partial charge >= 0.3 is 0 Å². The second kappa shape index (κ2) is 10.2. The highest BCUT2D eigenvalue weighted by molar-refractivity contribution is 6.07. The van der Waals surface area contributed by atoms with E-state index in [2.05, 4.69) is 44.3 Å². The van der Waals surface area contributed by atoms with Crippen molar-refractivity contribution in [3.63, 3.8) is 0 Å². The van der Waals surface area contributed by atoms with Crippen molar-refractivity contribution < 1.29 is 14.6 Å². The van der Waals surface area contributed by atoms with Gasteiger partial charge < -0.3 is 14.4 Å². The summed E-state index contributed by atoms with van der Waals surface area (Å²) in [5.41, 5.74) is 5.96. The number of pyridine rings is 1. The van der Waals surface area contributed by atoms with Gasteiger partial charge in [0.25, 0.3) is 5.91 Å². The van der Waals surface area contributed by atoms with Gasteiger partial charge in [0.05, 0.1) is 12.8 Å². The maximum absolute atomic E-state index is 12.0. The molecule has 3 aromatic carbocycles. The van der Waals surface area contributed by atoms with Gasteiger partial charge in [-0.25, -0.2) is 5.43 Å². The molecule has 0 bridgehead atoms. The van der Waals surface area contributed by atoms with Gasteiger partial charge in [0.1, 0.15) is 18.5 Å². The van der Waals surface area contributed by atoms with Crippen molar-refractivity contribution in [2.75, 3.05) is 6.61 Å². The minimum Gasteiger partial charge on any atom is -0.491 e. The van der Waals surface area contributed by atoms with Crippen LogP contribution in [0.4, 0.5) is 0 Å². The fraction of sp³-hybridized carbons (Fsp3) is 0.107. The Labute approximate surface area is 202 Å². The second-order valence-electron chi connectivity index (χ2n) is 8.11. The van der Waals surface area contributed by atoms with E-state index in [-0.39, 0.29) is 12.5 Å². The van der Waals surface area contributed by atoms with E-state index >= 15 is 0 Å². The van der Waals surface area contributed by atoms with Gasteiger partial charge in [-0.2, -0.15) is 5.10 Å². The van der Waals surface area contributed by atoms with Crippen LogP contribution in [0, 0.1) is 0 Å². The molecule has 2 heterocycles.